The Labute approximate surface area is 203 Å². The Bertz CT molecular complexity index is 1220. The molecule has 6 nitrogen and oxygen atoms in total. The fourth-order valence-electron chi connectivity index (χ4n) is 3.85. The number of carbonyl (C=O) groups excluding carboxylic acids is 2. The molecule has 0 aromatic heterocycles. The van der Waals surface area contributed by atoms with Gasteiger partial charge in [0.05, 0.1) is 18.5 Å². The van der Waals surface area contributed by atoms with Gasteiger partial charge >= 0.3 is 0 Å². The largest absolute Gasteiger partial charge is 0.457 e. The van der Waals surface area contributed by atoms with Crippen LogP contribution >= 0.6 is 0 Å². The van der Waals surface area contributed by atoms with Crippen molar-refractivity contribution in [1.29, 1.82) is 0 Å². The van der Waals surface area contributed by atoms with Crippen LogP contribution in [0.3, 0.4) is 0 Å². The topological polar surface area (TPSA) is 77.3 Å². The second-order valence-electron chi connectivity index (χ2n) is 7.78. The van der Waals surface area contributed by atoms with E-state index < -0.39 is 5.41 Å². The van der Waals surface area contributed by atoms with Gasteiger partial charge in [-0.1, -0.05) is 60.7 Å². The molecule has 0 spiro atoms. The number of aliphatic imine (C=N–C) groups is 2. The molecule has 0 bridgehead atoms. The van der Waals surface area contributed by atoms with Crippen molar-refractivity contribution in [2.45, 2.75) is 5.41 Å². The van der Waals surface area contributed by atoms with Gasteiger partial charge in [0.1, 0.15) is 23.0 Å². The van der Waals surface area contributed by atoms with Crippen molar-refractivity contribution in [2.75, 3.05) is 13.1 Å². The Morgan fingerprint density at radius 1 is 0.514 bits per heavy atom. The minimum absolute atomic E-state index is 0.0550. The van der Waals surface area contributed by atoms with Gasteiger partial charge in [0.15, 0.2) is 0 Å². The van der Waals surface area contributed by atoms with E-state index in [4.69, 9.17) is 9.47 Å². The zero-order valence-corrected chi connectivity index (χ0v) is 18.8. The summed E-state index contributed by atoms with van der Waals surface area (Å²) in [5.74, 6) is 2.74. The molecule has 4 aromatic rings. The maximum absolute atomic E-state index is 11.1. The average molecular weight is 463 g/mol. The van der Waals surface area contributed by atoms with Gasteiger partial charge in [-0.2, -0.15) is 0 Å². The van der Waals surface area contributed by atoms with E-state index in [0.29, 0.717) is 11.5 Å². The fraction of sp³-hybridized carbons (Fsp3) is 0.103. The number of rotatable bonds is 10. The van der Waals surface area contributed by atoms with Crippen molar-refractivity contribution in [2.24, 2.45) is 9.98 Å². The molecule has 0 heterocycles. The second kappa shape index (κ2) is 11.4. The van der Waals surface area contributed by atoms with E-state index in [1.807, 2.05) is 109 Å². The molecule has 4 rings (SSSR count). The van der Waals surface area contributed by atoms with Crippen LogP contribution in [-0.4, -0.2) is 25.2 Å². The Balaban J connectivity index is 1.68. The number of isocyanates is 2. The molecule has 172 valence electrons. The normalized spacial score (nSPS) is 10.5. The lowest BCUT2D eigenvalue weighted by Gasteiger charge is -2.31. The third kappa shape index (κ3) is 5.79. The molecule has 6 heteroatoms. The first-order valence-corrected chi connectivity index (χ1v) is 11.0. The smallest absolute Gasteiger partial charge is 0.234 e. The Hall–Kier alpha value is -4.76. The summed E-state index contributed by atoms with van der Waals surface area (Å²) in [6, 6.07) is 33.8. The molecule has 0 amide bonds. The summed E-state index contributed by atoms with van der Waals surface area (Å²) in [6.07, 6.45) is 3.22. The van der Waals surface area contributed by atoms with Crippen molar-refractivity contribution < 1.29 is 19.1 Å². The third-order valence-electron chi connectivity index (χ3n) is 5.60. The number of hydrogen-bond donors (Lipinski definition) is 0. The van der Waals surface area contributed by atoms with E-state index in [9.17, 15) is 9.59 Å². The molecule has 0 fully saturated rings. The van der Waals surface area contributed by atoms with Crippen LogP contribution in [0.2, 0.25) is 0 Å². The molecule has 0 saturated heterocycles. The number of nitrogens with zero attached hydrogens (tertiary/aromatic N) is 2. The maximum Gasteiger partial charge on any atom is 0.234 e. The Kier molecular flexibility index (Phi) is 7.62. The summed E-state index contributed by atoms with van der Waals surface area (Å²) in [6.45, 7) is 0.110. The Morgan fingerprint density at radius 2 is 0.857 bits per heavy atom. The Morgan fingerprint density at radius 3 is 1.20 bits per heavy atom. The van der Waals surface area contributed by atoms with Gasteiger partial charge in [0, 0.05) is 0 Å². The van der Waals surface area contributed by atoms with Gasteiger partial charge in [0.25, 0.3) is 0 Å². The lowest BCUT2D eigenvalue weighted by molar-refractivity contribution is 0.478. The van der Waals surface area contributed by atoms with Crippen LogP contribution in [0.25, 0.3) is 0 Å². The first kappa shape index (κ1) is 23.4. The summed E-state index contributed by atoms with van der Waals surface area (Å²) in [5.41, 5.74) is 0.742. The molecule has 0 atom stereocenters. The van der Waals surface area contributed by atoms with E-state index in [0.717, 1.165) is 22.6 Å². The molecule has 0 unspecified atom stereocenters. The lowest BCUT2D eigenvalue weighted by Crippen LogP contribution is -2.34. The summed E-state index contributed by atoms with van der Waals surface area (Å²) in [7, 11) is 0. The monoisotopic (exact) mass is 462 g/mol. The molecule has 0 radical (unpaired) electrons. The average Bonchev–Trinajstić information content (AvgIpc) is 2.91. The van der Waals surface area contributed by atoms with Gasteiger partial charge in [-0.15, -0.1) is 0 Å². The quantitative estimate of drug-likeness (QED) is 0.207. The van der Waals surface area contributed by atoms with E-state index in [1.54, 1.807) is 12.2 Å². The SMILES string of the molecule is O=C=NCC(CN=C=O)(c1ccc(Oc2ccccc2)cc1)c1ccc(Oc2ccccc2)cc1. The molecule has 0 aliphatic heterocycles. The van der Waals surface area contributed by atoms with Crippen LogP contribution in [-0.2, 0) is 15.0 Å². The predicted molar refractivity (Wildman–Crippen MR) is 133 cm³/mol. The minimum Gasteiger partial charge on any atom is -0.457 e. The maximum atomic E-state index is 11.1. The van der Waals surface area contributed by atoms with E-state index >= 15 is 0 Å². The third-order valence-corrected chi connectivity index (χ3v) is 5.60. The van der Waals surface area contributed by atoms with E-state index in [2.05, 4.69) is 9.98 Å². The van der Waals surface area contributed by atoms with Crippen LogP contribution < -0.4 is 9.47 Å². The molecule has 0 aliphatic rings. The highest BCUT2D eigenvalue weighted by Crippen LogP contribution is 2.36. The van der Waals surface area contributed by atoms with Gasteiger partial charge in [0.2, 0.25) is 12.2 Å². The van der Waals surface area contributed by atoms with Crippen LogP contribution in [0.4, 0.5) is 0 Å². The number of hydrogen-bond acceptors (Lipinski definition) is 6. The highest BCUT2D eigenvalue weighted by Gasteiger charge is 2.35. The van der Waals surface area contributed by atoms with Crippen molar-refractivity contribution >= 4 is 12.2 Å². The minimum atomic E-state index is -0.884. The highest BCUT2D eigenvalue weighted by atomic mass is 16.5. The number of ether oxygens (including phenoxy) is 2. The number of para-hydroxylation sites is 2. The first-order chi connectivity index (χ1) is 17.2. The summed E-state index contributed by atoms with van der Waals surface area (Å²) in [5, 5.41) is 0. The zero-order chi connectivity index (χ0) is 24.3. The van der Waals surface area contributed by atoms with Gasteiger partial charge in [-0.3, -0.25) is 0 Å². The van der Waals surface area contributed by atoms with Crippen molar-refractivity contribution in [3.8, 4) is 23.0 Å². The fourth-order valence-corrected chi connectivity index (χ4v) is 3.85. The van der Waals surface area contributed by atoms with Crippen LogP contribution in [0.15, 0.2) is 119 Å². The molecular formula is C29H22N2O4. The first-order valence-electron chi connectivity index (χ1n) is 11.0. The molecule has 4 aromatic carbocycles. The van der Waals surface area contributed by atoms with Crippen molar-refractivity contribution in [3.05, 3.63) is 120 Å². The standard InChI is InChI=1S/C29H22N2O4/c32-21-30-19-29(20-31-22-33,23-11-15-27(16-12-23)34-25-7-3-1-4-8-25)24-13-17-28(18-14-24)35-26-9-5-2-6-10-26/h1-18H,19-20H2. The molecule has 0 N–H and O–H groups in total. The van der Waals surface area contributed by atoms with Crippen molar-refractivity contribution in [3.63, 3.8) is 0 Å². The van der Waals surface area contributed by atoms with Gasteiger partial charge < -0.3 is 9.47 Å². The van der Waals surface area contributed by atoms with Gasteiger partial charge in [-0.05, 0) is 59.7 Å². The summed E-state index contributed by atoms with van der Waals surface area (Å²) in [4.78, 5) is 29.9. The van der Waals surface area contributed by atoms with Crippen molar-refractivity contribution in [1.82, 2.24) is 0 Å². The van der Waals surface area contributed by atoms with Gasteiger partial charge in [-0.25, -0.2) is 19.6 Å². The molecule has 0 saturated carbocycles. The van der Waals surface area contributed by atoms with Crippen LogP contribution in [0.1, 0.15) is 11.1 Å². The highest BCUT2D eigenvalue weighted by molar-refractivity contribution is 5.48. The van der Waals surface area contributed by atoms with E-state index in [-0.39, 0.29) is 13.1 Å². The molecule has 35 heavy (non-hydrogen) atoms. The van der Waals surface area contributed by atoms with Crippen LogP contribution in [0.5, 0.6) is 23.0 Å². The van der Waals surface area contributed by atoms with E-state index in [1.165, 1.54) is 0 Å². The number of benzene rings is 4. The van der Waals surface area contributed by atoms with Crippen LogP contribution in [0, 0.1) is 0 Å². The predicted octanol–water partition coefficient (Wildman–Crippen LogP) is 6.23. The summed E-state index contributed by atoms with van der Waals surface area (Å²) < 4.78 is 11.8. The molecular weight excluding hydrogens is 440 g/mol. The zero-order valence-electron chi connectivity index (χ0n) is 18.8. The molecule has 0 aliphatic carbocycles. The lowest BCUT2D eigenvalue weighted by atomic mass is 9.74. The summed E-state index contributed by atoms with van der Waals surface area (Å²) >= 11 is 0. The second-order valence-corrected chi connectivity index (χ2v) is 7.78.